The third-order valence-corrected chi connectivity index (χ3v) is 4.43. The van der Waals surface area contributed by atoms with Crippen molar-refractivity contribution in [1.82, 2.24) is 5.43 Å². The van der Waals surface area contributed by atoms with Crippen LogP contribution in [0.15, 0.2) is 0 Å². The Morgan fingerprint density at radius 2 is 2.21 bits per heavy atom. The average molecular weight is 216 g/mol. The molecule has 3 N–H and O–H groups in total. The Bertz CT molecular complexity index is 181. The molecule has 4 heteroatoms. The number of nitrogens with two attached hydrogens (primary N) is 1. The van der Waals surface area contributed by atoms with Gasteiger partial charge in [-0.3, -0.25) is 10.2 Å². The lowest BCUT2D eigenvalue weighted by Crippen LogP contribution is -2.37. The maximum atomic E-state index is 11.3. The van der Waals surface area contributed by atoms with Crippen LogP contribution in [0.4, 0.5) is 0 Å². The molecule has 1 atom stereocenters. The monoisotopic (exact) mass is 216 g/mol. The highest BCUT2D eigenvalue weighted by Crippen LogP contribution is 2.29. The minimum atomic E-state index is -0.0319. The van der Waals surface area contributed by atoms with E-state index in [2.05, 4.69) is 5.43 Å². The molecule has 0 aliphatic heterocycles. The molecule has 1 amide bonds. The van der Waals surface area contributed by atoms with Crippen molar-refractivity contribution in [2.24, 2.45) is 11.8 Å². The highest BCUT2D eigenvalue weighted by molar-refractivity contribution is 8.00. The normalized spacial score (nSPS) is 19.6. The first-order valence-electron chi connectivity index (χ1n) is 5.40. The molecule has 1 fully saturated rings. The van der Waals surface area contributed by atoms with Gasteiger partial charge in [-0.25, -0.2) is 5.84 Å². The topological polar surface area (TPSA) is 55.1 Å². The fourth-order valence-corrected chi connectivity index (χ4v) is 3.19. The molecule has 0 aromatic carbocycles. The van der Waals surface area contributed by atoms with Gasteiger partial charge in [-0.05, 0) is 30.9 Å². The predicted molar refractivity (Wildman–Crippen MR) is 60.8 cm³/mol. The molecule has 1 aliphatic rings. The molecule has 0 heterocycles. The van der Waals surface area contributed by atoms with Gasteiger partial charge in [0.2, 0.25) is 5.91 Å². The third-order valence-electron chi connectivity index (χ3n) is 2.81. The quantitative estimate of drug-likeness (QED) is 0.417. The molecule has 0 saturated heterocycles. The van der Waals surface area contributed by atoms with Crippen LogP contribution in [0.1, 0.15) is 39.0 Å². The Balaban J connectivity index is 2.22. The number of carbonyl (C=O) groups is 1. The van der Waals surface area contributed by atoms with Crippen molar-refractivity contribution in [2.45, 2.75) is 44.3 Å². The number of hydrogen-bond acceptors (Lipinski definition) is 3. The standard InChI is InChI=1S/C10H20N2OS/c1-2-9(10(13)12-11)14-7-8-5-3-4-6-8/h8-9H,2-7,11H2,1H3,(H,12,13). The molecule has 0 aromatic heterocycles. The van der Waals surface area contributed by atoms with Crippen LogP contribution in [0.3, 0.4) is 0 Å². The zero-order valence-electron chi connectivity index (χ0n) is 8.79. The first-order valence-corrected chi connectivity index (χ1v) is 6.44. The molecule has 1 saturated carbocycles. The SMILES string of the molecule is CCC(SCC1CCCC1)C(=O)NN. The van der Waals surface area contributed by atoms with Crippen molar-refractivity contribution < 1.29 is 4.79 Å². The highest BCUT2D eigenvalue weighted by Gasteiger charge is 2.20. The molecule has 3 nitrogen and oxygen atoms in total. The van der Waals surface area contributed by atoms with E-state index in [9.17, 15) is 4.79 Å². The van der Waals surface area contributed by atoms with Gasteiger partial charge in [0.05, 0.1) is 5.25 Å². The summed E-state index contributed by atoms with van der Waals surface area (Å²) in [6, 6.07) is 0. The van der Waals surface area contributed by atoms with Gasteiger partial charge in [-0.2, -0.15) is 0 Å². The number of hydrazine groups is 1. The Kier molecular flexibility index (Phi) is 5.33. The van der Waals surface area contributed by atoms with E-state index in [0.29, 0.717) is 0 Å². The second-order valence-electron chi connectivity index (χ2n) is 3.89. The van der Waals surface area contributed by atoms with Crippen molar-refractivity contribution in [3.05, 3.63) is 0 Å². The summed E-state index contributed by atoms with van der Waals surface area (Å²) in [5.41, 5.74) is 2.23. The first-order chi connectivity index (χ1) is 6.77. The second kappa shape index (κ2) is 6.30. The van der Waals surface area contributed by atoms with Crippen LogP contribution in [-0.4, -0.2) is 16.9 Å². The molecule has 1 aliphatic carbocycles. The van der Waals surface area contributed by atoms with Crippen molar-refractivity contribution >= 4 is 17.7 Å². The molecule has 14 heavy (non-hydrogen) atoms. The molecular formula is C10H20N2OS. The van der Waals surface area contributed by atoms with E-state index < -0.39 is 0 Å². The van der Waals surface area contributed by atoms with Crippen molar-refractivity contribution in [3.8, 4) is 0 Å². The van der Waals surface area contributed by atoms with Crippen LogP contribution in [0.2, 0.25) is 0 Å². The van der Waals surface area contributed by atoms with E-state index in [1.54, 1.807) is 11.8 Å². The predicted octanol–water partition coefficient (Wildman–Crippen LogP) is 1.68. The summed E-state index contributed by atoms with van der Waals surface area (Å²) < 4.78 is 0. The van der Waals surface area contributed by atoms with Crippen LogP contribution in [-0.2, 0) is 4.79 Å². The first kappa shape index (κ1) is 11.9. The molecule has 0 bridgehead atoms. The van der Waals surface area contributed by atoms with Gasteiger partial charge in [0.1, 0.15) is 0 Å². The number of amides is 1. The zero-order chi connectivity index (χ0) is 10.4. The minimum Gasteiger partial charge on any atom is -0.293 e. The lowest BCUT2D eigenvalue weighted by Gasteiger charge is -2.15. The number of thioether (sulfide) groups is 1. The van der Waals surface area contributed by atoms with Crippen LogP contribution in [0, 0.1) is 5.92 Å². The van der Waals surface area contributed by atoms with Gasteiger partial charge in [-0.15, -0.1) is 11.8 Å². The average Bonchev–Trinajstić information content (AvgIpc) is 2.71. The summed E-state index contributed by atoms with van der Waals surface area (Å²) >= 11 is 1.76. The highest BCUT2D eigenvalue weighted by atomic mass is 32.2. The van der Waals surface area contributed by atoms with E-state index in [0.717, 1.165) is 18.1 Å². The summed E-state index contributed by atoms with van der Waals surface area (Å²) in [5, 5.41) is 0.0422. The van der Waals surface area contributed by atoms with Gasteiger partial charge in [0.25, 0.3) is 0 Å². The Morgan fingerprint density at radius 3 is 2.71 bits per heavy atom. The van der Waals surface area contributed by atoms with E-state index in [1.165, 1.54) is 25.7 Å². The lowest BCUT2D eigenvalue weighted by atomic mass is 10.1. The fraction of sp³-hybridized carbons (Fsp3) is 0.900. The van der Waals surface area contributed by atoms with E-state index in [-0.39, 0.29) is 11.2 Å². The smallest absolute Gasteiger partial charge is 0.246 e. The van der Waals surface area contributed by atoms with Crippen LogP contribution < -0.4 is 11.3 Å². The molecule has 1 rings (SSSR count). The summed E-state index contributed by atoms with van der Waals surface area (Å²) in [6.45, 7) is 2.03. The molecule has 1 unspecified atom stereocenters. The van der Waals surface area contributed by atoms with E-state index >= 15 is 0 Å². The number of rotatable bonds is 5. The van der Waals surface area contributed by atoms with Crippen LogP contribution >= 0.6 is 11.8 Å². The van der Waals surface area contributed by atoms with Gasteiger partial charge in [0.15, 0.2) is 0 Å². The minimum absolute atomic E-state index is 0.0319. The van der Waals surface area contributed by atoms with Gasteiger partial charge < -0.3 is 0 Å². The Morgan fingerprint density at radius 1 is 1.57 bits per heavy atom. The molecule has 82 valence electrons. The van der Waals surface area contributed by atoms with Gasteiger partial charge in [-0.1, -0.05) is 19.8 Å². The van der Waals surface area contributed by atoms with Crippen molar-refractivity contribution in [3.63, 3.8) is 0 Å². The zero-order valence-corrected chi connectivity index (χ0v) is 9.61. The van der Waals surface area contributed by atoms with Gasteiger partial charge in [0, 0.05) is 0 Å². The summed E-state index contributed by atoms with van der Waals surface area (Å²) in [7, 11) is 0. The number of hydrogen-bond donors (Lipinski definition) is 2. The van der Waals surface area contributed by atoms with Crippen LogP contribution in [0.5, 0.6) is 0 Å². The Hall–Kier alpha value is -0.220. The maximum Gasteiger partial charge on any atom is 0.246 e. The van der Waals surface area contributed by atoms with Crippen molar-refractivity contribution in [2.75, 3.05) is 5.75 Å². The summed E-state index contributed by atoms with van der Waals surface area (Å²) in [6.07, 6.45) is 6.28. The van der Waals surface area contributed by atoms with Crippen molar-refractivity contribution in [1.29, 1.82) is 0 Å². The Labute approximate surface area is 90.2 Å². The number of nitrogens with one attached hydrogen (secondary N) is 1. The summed E-state index contributed by atoms with van der Waals surface area (Å²) in [4.78, 5) is 11.3. The maximum absolute atomic E-state index is 11.3. The molecule has 0 radical (unpaired) electrons. The molecule has 0 aromatic rings. The van der Waals surface area contributed by atoms with Crippen LogP contribution in [0.25, 0.3) is 0 Å². The lowest BCUT2D eigenvalue weighted by molar-refractivity contribution is -0.120. The van der Waals surface area contributed by atoms with E-state index in [1.807, 2.05) is 6.92 Å². The fourth-order valence-electron chi connectivity index (χ4n) is 1.90. The largest absolute Gasteiger partial charge is 0.293 e. The molecular weight excluding hydrogens is 196 g/mol. The molecule has 0 spiro atoms. The van der Waals surface area contributed by atoms with Gasteiger partial charge >= 0.3 is 0 Å². The third kappa shape index (κ3) is 3.50. The van der Waals surface area contributed by atoms with E-state index in [4.69, 9.17) is 5.84 Å². The number of carbonyl (C=O) groups excluding carboxylic acids is 1. The summed E-state index contributed by atoms with van der Waals surface area (Å²) in [5.74, 6) is 7.04. The second-order valence-corrected chi connectivity index (χ2v) is 5.12.